The Morgan fingerprint density at radius 2 is 1.68 bits per heavy atom. The number of halogens is 2. The van der Waals surface area contributed by atoms with Crippen LogP contribution in [-0.2, 0) is 9.59 Å². The SMILES string of the molecule is CCC(Sc1cccc(NC(=O)/C(=C\c2ccc(OC)c(OC)c2)NC(=O)c2ccccc2)c1)C(=O)Nc1nc(-c2ccc(Cl)cc2Cl)cs1. The molecule has 3 amide bonds. The van der Waals surface area contributed by atoms with E-state index in [9.17, 15) is 14.4 Å². The highest BCUT2D eigenvalue weighted by Gasteiger charge is 2.21. The van der Waals surface area contributed by atoms with E-state index in [4.69, 9.17) is 32.7 Å². The maximum Gasteiger partial charge on any atom is 0.272 e. The second kappa shape index (κ2) is 17.2. The molecular weight excluding hydrogens is 715 g/mol. The zero-order valence-corrected chi connectivity index (χ0v) is 30.3. The van der Waals surface area contributed by atoms with E-state index in [0.29, 0.717) is 55.6 Å². The van der Waals surface area contributed by atoms with Gasteiger partial charge in [0.15, 0.2) is 16.6 Å². The summed E-state index contributed by atoms with van der Waals surface area (Å²) in [5, 5.41) is 11.3. The summed E-state index contributed by atoms with van der Waals surface area (Å²) < 4.78 is 10.7. The Morgan fingerprint density at radius 1 is 0.900 bits per heavy atom. The van der Waals surface area contributed by atoms with Gasteiger partial charge in [0.1, 0.15) is 5.70 Å². The van der Waals surface area contributed by atoms with Crippen molar-refractivity contribution in [1.29, 1.82) is 0 Å². The van der Waals surface area contributed by atoms with Crippen LogP contribution in [0.3, 0.4) is 0 Å². The Hall–Kier alpha value is -4.81. The molecule has 0 aliphatic carbocycles. The number of rotatable bonds is 13. The third-order valence-corrected chi connectivity index (χ3v) is 9.89. The lowest BCUT2D eigenvalue weighted by atomic mass is 10.1. The summed E-state index contributed by atoms with van der Waals surface area (Å²) in [5.41, 5.74) is 2.84. The number of nitrogens with one attached hydrogen (secondary N) is 3. The molecule has 0 fully saturated rings. The van der Waals surface area contributed by atoms with Crippen LogP contribution in [0.5, 0.6) is 11.5 Å². The average Bonchev–Trinajstić information content (AvgIpc) is 3.58. The zero-order valence-electron chi connectivity index (χ0n) is 27.2. The van der Waals surface area contributed by atoms with Crippen LogP contribution in [-0.4, -0.2) is 42.2 Å². The van der Waals surface area contributed by atoms with Gasteiger partial charge in [0.25, 0.3) is 11.8 Å². The van der Waals surface area contributed by atoms with Gasteiger partial charge < -0.3 is 25.4 Å². The minimum absolute atomic E-state index is 0.0117. The molecule has 50 heavy (non-hydrogen) atoms. The van der Waals surface area contributed by atoms with Crippen LogP contribution in [0.1, 0.15) is 29.3 Å². The summed E-state index contributed by atoms with van der Waals surface area (Å²) in [6.45, 7) is 1.92. The van der Waals surface area contributed by atoms with Crippen molar-refractivity contribution in [3.8, 4) is 22.8 Å². The van der Waals surface area contributed by atoms with E-state index in [1.165, 1.54) is 37.3 Å². The van der Waals surface area contributed by atoms with Crippen molar-refractivity contribution < 1.29 is 23.9 Å². The first-order chi connectivity index (χ1) is 24.2. The van der Waals surface area contributed by atoms with E-state index in [-0.39, 0.29) is 11.6 Å². The molecule has 0 radical (unpaired) electrons. The number of nitrogens with zero attached hydrogens (tertiary/aromatic N) is 1. The number of aromatic nitrogens is 1. The van der Waals surface area contributed by atoms with Crippen molar-refractivity contribution in [2.45, 2.75) is 23.5 Å². The number of carbonyl (C=O) groups excluding carboxylic acids is 3. The van der Waals surface area contributed by atoms with Crippen LogP contribution in [0.2, 0.25) is 10.0 Å². The van der Waals surface area contributed by atoms with Crippen molar-refractivity contribution in [3.05, 3.63) is 123 Å². The molecule has 5 aromatic rings. The molecule has 1 heterocycles. The Labute approximate surface area is 308 Å². The largest absolute Gasteiger partial charge is 0.493 e. The van der Waals surface area contributed by atoms with Gasteiger partial charge >= 0.3 is 0 Å². The normalized spacial score (nSPS) is 11.7. The third kappa shape index (κ3) is 9.45. The summed E-state index contributed by atoms with van der Waals surface area (Å²) in [7, 11) is 3.05. The van der Waals surface area contributed by atoms with Crippen molar-refractivity contribution in [2.75, 3.05) is 24.9 Å². The molecule has 256 valence electrons. The summed E-state index contributed by atoms with van der Waals surface area (Å²) in [5.74, 6) is -0.208. The van der Waals surface area contributed by atoms with Gasteiger partial charge in [-0.15, -0.1) is 23.1 Å². The number of benzene rings is 4. The van der Waals surface area contributed by atoms with Crippen molar-refractivity contribution in [1.82, 2.24) is 10.3 Å². The number of hydrogen-bond donors (Lipinski definition) is 3. The fourth-order valence-electron chi connectivity index (χ4n) is 4.72. The van der Waals surface area contributed by atoms with E-state index in [1.54, 1.807) is 91.0 Å². The summed E-state index contributed by atoms with van der Waals surface area (Å²) in [4.78, 5) is 45.4. The second-order valence-corrected chi connectivity index (χ2v) is 13.6. The van der Waals surface area contributed by atoms with Gasteiger partial charge in [-0.3, -0.25) is 14.4 Å². The minimum Gasteiger partial charge on any atom is -0.493 e. The van der Waals surface area contributed by atoms with Gasteiger partial charge in [-0.1, -0.05) is 60.5 Å². The molecule has 13 heteroatoms. The zero-order chi connectivity index (χ0) is 35.6. The maximum atomic E-state index is 13.7. The summed E-state index contributed by atoms with van der Waals surface area (Å²) in [6.07, 6.45) is 2.09. The van der Waals surface area contributed by atoms with Gasteiger partial charge in [0, 0.05) is 32.1 Å². The molecule has 0 aliphatic heterocycles. The Kier molecular flexibility index (Phi) is 12.6. The Morgan fingerprint density at radius 3 is 2.40 bits per heavy atom. The monoisotopic (exact) mass is 746 g/mol. The third-order valence-electron chi connectivity index (χ3n) is 7.22. The smallest absolute Gasteiger partial charge is 0.272 e. The number of thiazole rings is 1. The van der Waals surface area contributed by atoms with Crippen LogP contribution in [0, 0.1) is 0 Å². The number of amides is 3. The average molecular weight is 748 g/mol. The molecule has 0 saturated carbocycles. The Bertz CT molecular complexity index is 2040. The number of anilines is 2. The summed E-state index contributed by atoms with van der Waals surface area (Å²) in [6, 6.07) is 26.1. The van der Waals surface area contributed by atoms with E-state index in [2.05, 4.69) is 20.9 Å². The fourth-order valence-corrected chi connectivity index (χ4v) is 6.95. The van der Waals surface area contributed by atoms with E-state index in [1.807, 2.05) is 18.4 Å². The van der Waals surface area contributed by atoms with Gasteiger partial charge in [-0.25, -0.2) is 4.98 Å². The van der Waals surface area contributed by atoms with Crippen LogP contribution < -0.4 is 25.4 Å². The second-order valence-electron chi connectivity index (χ2n) is 10.6. The first-order valence-corrected chi connectivity index (χ1v) is 17.8. The summed E-state index contributed by atoms with van der Waals surface area (Å²) >= 11 is 15.0. The van der Waals surface area contributed by atoms with Crippen LogP contribution in [0.15, 0.2) is 107 Å². The minimum atomic E-state index is -0.545. The van der Waals surface area contributed by atoms with Crippen molar-refractivity contribution >= 4 is 80.9 Å². The molecule has 0 saturated heterocycles. The lowest BCUT2D eigenvalue weighted by Gasteiger charge is -2.15. The van der Waals surface area contributed by atoms with Gasteiger partial charge in [0.05, 0.1) is 30.2 Å². The van der Waals surface area contributed by atoms with Crippen LogP contribution in [0.4, 0.5) is 10.8 Å². The van der Waals surface area contributed by atoms with Gasteiger partial charge in [-0.2, -0.15) is 0 Å². The molecule has 1 unspecified atom stereocenters. The topological polar surface area (TPSA) is 119 Å². The van der Waals surface area contributed by atoms with Crippen molar-refractivity contribution in [2.24, 2.45) is 0 Å². The fraction of sp³-hybridized carbons (Fsp3) is 0.135. The van der Waals surface area contributed by atoms with E-state index in [0.717, 1.165) is 10.5 Å². The molecule has 1 atom stereocenters. The highest BCUT2D eigenvalue weighted by molar-refractivity contribution is 8.00. The van der Waals surface area contributed by atoms with Crippen LogP contribution >= 0.6 is 46.3 Å². The lowest BCUT2D eigenvalue weighted by molar-refractivity contribution is -0.116. The van der Waals surface area contributed by atoms with Gasteiger partial charge in [-0.05, 0) is 78.7 Å². The standard InChI is InChI=1S/C37H32Cl2N4O5S2/c1-4-33(36(46)43-37-42-30(21-49-37)27-15-14-24(38)19-28(27)39)50-26-12-8-11-25(20-26)40-35(45)29(41-34(44)23-9-6-5-7-10-23)17-22-13-16-31(47-2)32(18-22)48-3/h5-21,33H,4H2,1-3H3,(H,40,45)(H,41,44)(H,42,43,46)/b29-17+. The molecule has 3 N–H and O–H groups in total. The highest BCUT2D eigenvalue weighted by Crippen LogP contribution is 2.34. The predicted octanol–water partition coefficient (Wildman–Crippen LogP) is 9.05. The molecule has 0 bridgehead atoms. The number of carbonyl (C=O) groups is 3. The number of ether oxygens (including phenoxy) is 2. The molecule has 4 aromatic carbocycles. The predicted molar refractivity (Wildman–Crippen MR) is 203 cm³/mol. The molecule has 0 spiro atoms. The molecule has 1 aromatic heterocycles. The number of thioether (sulfide) groups is 1. The van der Waals surface area contributed by atoms with E-state index >= 15 is 0 Å². The molecule has 5 rings (SSSR count). The van der Waals surface area contributed by atoms with E-state index < -0.39 is 17.1 Å². The Balaban J connectivity index is 1.30. The van der Waals surface area contributed by atoms with Crippen molar-refractivity contribution in [3.63, 3.8) is 0 Å². The van der Waals surface area contributed by atoms with Gasteiger partial charge in [0.2, 0.25) is 5.91 Å². The molecule has 0 aliphatic rings. The maximum absolute atomic E-state index is 13.7. The highest BCUT2D eigenvalue weighted by atomic mass is 35.5. The first-order valence-electron chi connectivity index (χ1n) is 15.3. The first kappa shape index (κ1) is 36.5. The number of hydrogen-bond acceptors (Lipinski definition) is 8. The molecular formula is C37H32Cl2N4O5S2. The van der Waals surface area contributed by atoms with Crippen LogP contribution in [0.25, 0.3) is 17.3 Å². The lowest BCUT2D eigenvalue weighted by Crippen LogP contribution is -2.30. The molecule has 9 nitrogen and oxygen atoms in total. The number of methoxy groups -OCH3 is 2. The quantitative estimate of drug-likeness (QED) is 0.0813.